The highest BCUT2D eigenvalue weighted by Gasteiger charge is 2.34. The Bertz CT molecular complexity index is 2660. The van der Waals surface area contributed by atoms with E-state index in [-0.39, 0.29) is 55.1 Å². The van der Waals surface area contributed by atoms with Gasteiger partial charge in [-0.2, -0.15) is 19.2 Å². The maximum absolute atomic E-state index is 13.6. The molecular weight excluding hydrogens is 692 g/mol. The minimum atomic E-state index is -2.64. The van der Waals surface area contributed by atoms with Crippen LogP contribution >= 0.6 is 11.6 Å². The van der Waals surface area contributed by atoms with Crippen LogP contribution in [0.3, 0.4) is 0 Å². The second kappa shape index (κ2) is 12.5. The van der Waals surface area contributed by atoms with E-state index in [1.807, 2.05) is 4.90 Å². The quantitative estimate of drug-likeness (QED) is 0.132. The summed E-state index contributed by atoms with van der Waals surface area (Å²) in [5, 5.41) is 29.6. The zero-order valence-electron chi connectivity index (χ0n) is 26.6. The molecule has 2 aliphatic carbocycles. The number of nitrogens with one attached hydrogen (secondary N) is 4. The van der Waals surface area contributed by atoms with Crippen molar-refractivity contribution in [1.82, 2.24) is 49.1 Å². The molecule has 2 saturated carbocycles. The number of alkyl halides is 2. The van der Waals surface area contributed by atoms with Crippen molar-refractivity contribution in [2.75, 3.05) is 18.0 Å². The summed E-state index contributed by atoms with van der Waals surface area (Å²) in [7, 11) is 0. The number of rotatable bonds is 5. The Hall–Kier alpha value is -5.85. The molecule has 0 spiro atoms. The van der Waals surface area contributed by atoms with Gasteiger partial charge in [0.05, 0.1) is 24.5 Å². The minimum absolute atomic E-state index is 0.204. The van der Waals surface area contributed by atoms with E-state index in [9.17, 15) is 28.6 Å². The van der Waals surface area contributed by atoms with E-state index in [0.717, 1.165) is 25.7 Å². The molecule has 0 amide bonds. The van der Waals surface area contributed by atoms with Gasteiger partial charge in [0.1, 0.15) is 22.4 Å². The van der Waals surface area contributed by atoms with E-state index < -0.39 is 17.3 Å². The third kappa shape index (κ3) is 6.96. The molecule has 3 aliphatic rings. The monoisotopic (exact) mass is 721 g/mol. The highest BCUT2D eigenvalue weighted by Crippen LogP contribution is 2.29. The minimum Gasteiger partial charge on any atom is -0.493 e. The Kier molecular flexibility index (Phi) is 7.92. The fourth-order valence-corrected chi connectivity index (χ4v) is 5.75. The first kappa shape index (κ1) is 32.4. The summed E-state index contributed by atoms with van der Waals surface area (Å²) in [4.78, 5) is 52.0. The number of aromatic amines is 4. The molecule has 9 rings (SSSR count). The summed E-state index contributed by atoms with van der Waals surface area (Å²) in [6.07, 6.45) is 9.99. The molecule has 6 aromatic heterocycles. The molecule has 17 nitrogen and oxygen atoms in total. The van der Waals surface area contributed by atoms with Crippen LogP contribution in [0.4, 0.5) is 14.6 Å². The van der Waals surface area contributed by atoms with E-state index in [4.69, 9.17) is 11.6 Å². The molecule has 0 atom stereocenters. The normalized spacial score (nSPS) is 19.0. The van der Waals surface area contributed by atoms with E-state index in [1.165, 1.54) is 0 Å². The van der Waals surface area contributed by atoms with Crippen LogP contribution in [0.15, 0.2) is 44.1 Å². The molecule has 6 N–H and O–H groups in total. The van der Waals surface area contributed by atoms with Gasteiger partial charge in [0.25, 0.3) is 5.92 Å². The van der Waals surface area contributed by atoms with Crippen molar-refractivity contribution in [3.05, 3.63) is 83.4 Å². The molecule has 264 valence electrons. The smallest absolute Gasteiger partial charge is 0.326 e. The van der Waals surface area contributed by atoms with Gasteiger partial charge in [-0.1, -0.05) is 11.6 Å². The third-order valence-electron chi connectivity index (χ3n) is 8.53. The fraction of sp³-hybridized carbons (Fsp3) is 0.355. The van der Waals surface area contributed by atoms with Crippen molar-refractivity contribution in [1.29, 1.82) is 0 Å². The molecule has 0 radical (unpaired) electrons. The lowest BCUT2D eigenvalue weighted by Crippen LogP contribution is -2.40. The largest absolute Gasteiger partial charge is 0.493 e. The lowest BCUT2D eigenvalue weighted by molar-refractivity contribution is -0.0221. The van der Waals surface area contributed by atoms with Gasteiger partial charge in [-0.3, -0.25) is 20.0 Å². The Morgan fingerprint density at radius 2 is 1.27 bits per heavy atom. The summed E-state index contributed by atoms with van der Waals surface area (Å²) in [5.41, 5.74) is 1.67. The summed E-state index contributed by atoms with van der Waals surface area (Å²) < 4.78 is 30.3. The summed E-state index contributed by atoms with van der Waals surface area (Å²) in [6, 6.07) is 4.00. The SMILES string of the molecule is O=c1[nH]c(O)c(C=c2cnn3c(=NC4CC4)cc(Cl)nc23)[nH]1.O=c1[nH]c(O)c(C=c2cnn3c(=NC4CC4)cc(N4CCC(F)(F)CC4)nc23)[nH]1. The van der Waals surface area contributed by atoms with Gasteiger partial charge in [-0.15, -0.1) is 0 Å². The molecule has 20 heteroatoms. The van der Waals surface area contributed by atoms with Crippen LogP contribution in [0, 0.1) is 0 Å². The Labute approximate surface area is 288 Å². The lowest BCUT2D eigenvalue weighted by Gasteiger charge is -2.32. The second-order valence-electron chi connectivity index (χ2n) is 12.6. The van der Waals surface area contributed by atoms with Crippen LogP contribution in [-0.4, -0.2) is 90.4 Å². The molecule has 0 unspecified atom stereocenters. The Morgan fingerprint density at radius 3 is 1.75 bits per heavy atom. The number of piperidine rings is 1. The van der Waals surface area contributed by atoms with Crippen molar-refractivity contribution in [3.8, 4) is 11.8 Å². The highest BCUT2D eigenvalue weighted by molar-refractivity contribution is 6.29. The molecule has 1 saturated heterocycles. The molecular formula is C31H30ClF2N13O4. The molecule has 3 fully saturated rings. The van der Waals surface area contributed by atoms with Crippen LogP contribution < -0.4 is 37.7 Å². The van der Waals surface area contributed by atoms with Gasteiger partial charge < -0.3 is 25.1 Å². The van der Waals surface area contributed by atoms with Gasteiger partial charge in [-0.25, -0.2) is 28.3 Å². The first-order chi connectivity index (χ1) is 24.5. The number of imidazole rings is 2. The van der Waals surface area contributed by atoms with Gasteiger partial charge in [0.2, 0.25) is 11.8 Å². The average molecular weight is 722 g/mol. The van der Waals surface area contributed by atoms with E-state index in [0.29, 0.717) is 49.7 Å². The zero-order valence-corrected chi connectivity index (χ0v) is 27.4. The second-order valence-corrected chi connectivity index (χ2v) is 13.0. The van der Waals surface area contributed by atoms with Crippen LogP contribution in [-0.2, 0) is 0 Å². The number of hydrogen-bond donors (Lipinski definition) is 6. The predicted octanol–water partition coefficient (Wildman–Crippen LogP) is 0.0131. The lowest BCUT2D eigenvalue weighted by atomic mass is 10.1. The number of nitrogens with zero attached hydrogens (tertiary/aromatic N) is 9. The van der Waals surface area contributed by atoms with Gasteiger partial charge in [0.15, 0.2) is 22.3 Å². The van der Waals surface area contributed by atoms with Crippen LogP contribution in [0.1, 0.15) is 49.9 Å². The first-order valence-electron chi connectivity index (χ1n) is 16.2. The summed E-state index contributed by atoms with van der Waals surface area (Å²) in [5.74, 6) is -2.61. The molecule has 6 aromatic rings. The van der Waals surface area contributed by atoms with E-state index >= 15 is 0 Å². The van der Waals surface area contributed by atoms with E-state index in [1.54, 1.807) is 45.7 Å². The molecule has 1 aliphatic heterocycles. The van der Waals surface area contributed by atoms with Crippen LogP contribution in [0.5, 0.6) is 11.8 Å². The van der Waals surface area contributed by atoms with E-state index in [2.05, 4.69) is 50.1 Å². The highest BCUT2D eigenvalue weighted by atomic mass is 35.5. The standard InChI is InChI=1S/C18H19F2N7O2.C13H11ClN6O2/c19-18(20)3-5-26(6-4-18)13-8-14(22-11-1-2-11)27-15(24-13)10(9-21-27)7-12-16(28)25-17(29)23-12;14-9-4-10(16-7-1-2-7)20-11(18-9)6(5-15-20)3-8-12(21)19-13(22)17-8/h7-9,11,28H,1-6H2,(H2,23,25,29);3-5,7,21H,1-2H2,(H2,17,19,22). The van der Waals surface area contributed by atoms with Crippen molar-refractivity contribution in [2.24, 2.45) is 9.98 Å². The number of aromatic hydroxyl groups is 2. The summed E-state index contributed by atoms with van der Waals surface area (Å²) in [6.45, 7) is 0.413. The van der Waals surface area contributed by atoms with Crippen molar-refractivity contribution < 1.29 is 19.0 Å². The first-order valence-corrected chi connectivity index (χ1v) is 16.6. The molecule has 51 heavy (non-hydrogen) atoms. The van der Waals surface area contributed by atoms with Gasteiger partial charge >= 0.3 is 11.4 Å². The Morgan fingerprint density at radius 1 is 0.784 bits per heavy atom. The number of fused-ring (bicyclic) bond motifs is 2. The summed E-state index contributed by atoms with van der Waals surface area (Å²) >= 11 is 6.06. The van der Waals surface area contributed by atoms with Crippen molar-refractivity contribution in [3.63, 3.8) is 0 Å². The third-order valence-corrected chi connectivity index (χ3v) is 8.72. The number of aromatic nitrogens is 10. The van der Waals surface area contributed by atoms with Crippen LogP contribution in [0.2, 0.25) is 5.15 Å². The molecule has 0 aromatic carbocycles. The number of hydrogen-bond acceptors (Lipinski definition) is 11. The maximum atomic E-state index is 13.6. The van der Waals surface area contributed by atoms with Gasteiger partial charge in [-0.05, 0) is 37.8 Å². The maximum Gasteiger partial charge on any atom is 0.326 e. The molecule has 7 heterocycles. The number of halogens is 3. The van der Waals surface area contributed by atoms with Crippen molar-refractivity contribution in [2.45, 2.75) is 56.5 Å². The van der Waals surface area contributed by atoms with Crippen molar-refractivity contribution >= 4 is 40.9 Å². The molecule has 0 bridgehead atoms. The predicted molar refractivity (Wildman–Crippen MR) is 178 cm³/mol. The van der Waals surface area contributed by atoms with Gasteiger partial charge in [0, 0.05) is 48.5 Å². The topological polar surface area (TPSA) is 226 Å². The fourth-order valence-electron chi connectivity index (χ4n) is 5.58. The number of H-pyrrole nitrogens is 4. The average Bonchev–Trinajstić information content (AvgIpc) is 3.93. The number of anilines is 1. The Balaban J connectivity index is 0.000000152. The van der Waals surface area contributed by atoms with Crippen LogP contribution in [0.25, 0.3) is 23.4 Å². The zero-order chi connectivity index (χ0) is 35.4.